The third-order valence-electron chi connectivity index (χ3n) is 4.79. The molecule has 1 atom stereocenters. The second-order valence-electron chi connectivity index (χ2n) is 6.50. The molecule has 1 aromatic carbocycles. The molecule has 0 radical (unpaired) electrons. The van der Waals surface area contributed by atoms with Gasteiger partial charge in [-0.15, -0.1) is 0 Å². The Bertz CT molecular complexity index is 850. The van der Waals surface area contributed by atoms with E-state index in [1.165, 1.54) is 4.31 Å². The molecule has 0 spiro atoms. The first-order chi connectivity index (χ1) is 12.9. The summed E-state index contributed by atoms with van der Waals surface area (Å²) in [5.41, 5.74) is 1.73. The van der Waals surface area contributed by atoms with E-state index in [0.29, 0.717) is 37.8 Å². The molecule has 3 rings (SSSR count). The molecule has 2 heterocycles. The lowest BCUT2D eigenvalue weighted by atomic mass is 10.1. The Labute approximate surface area is 165 Å². The Morgan fingerprint density at radius 3 is 2.67 bits per heavy atom. The van der Waals surface area contributed by atoms with E-state index in [1.54, 1.807) is 16.4 Å². The van der Waals surface area contributed by atoms with Crippen LogP contribution in [0.1, 0.15) is 37.6 Å². The van der Waals surface area contributed by atoms with Crippen LogP contribution in [-0.4, -0.2) is 53.4 Å². The van der Waals surface area contributed by atoms with Crippen molar-refractivity contribution in [2.24, 2.45) is 0 Å². The molecule has 1 aliphatic heterocycles. The summed E-state index contributed by atoms with van der Waals surface area (Å²) in [5, 5.41) is 8.01. The number of ether oxygens (including phenoxy) is 1. The Kier molecular flexibility index (Phi) is 6.41. The average Bonchev–Trinajstić information content (AvgIpc) is 3.32. The number of benzene rings is 1. The molecule has 1 saturated heterocycles. The maximum absolute atomic E-state index is 12.7. The number of nitrogens with zero attached hydrogens (tertiary/aromatic N) is 3. The van der Waals surface area contributed by atoms with Gasteiger partial charge in [-0.1, -0.05) is 25.4 Å². The zero-order valence-corrected chi connectivity index (χ0v) is 17.1. The van der Waals surface area contributed by atoms with Crippen molar-refractivity contribution in [2.45, 2.75) is 32.8 Å². The second kappa shape index (κ2) is 8.60. The highest BCUT2D eigenvalue weighted by atomic mass is 35.5. The molecule has 1 N–H and O–H groups in total. The van der Waals surface area contributed by atoms with Crippen LogP contribution in [0.25, 0.3) is 0 Å². The minimum Gasteiger partial charge on any atom is -0.487 e. The van der Waals surface area contributed by atoms with Crippen LogP contribution in [-0.2, 0) is 16.8 Å². The lowest BCUT2D eigenvalue weighted by Crippen LogP contribution is -2.42. The normalized spacial score (nSPS) is 18.3. The van der Waals surface area contributed by atoms with Gasteiger partial charge < -0.3 is 4.74 Å². The minimum absolute atomic E-state index is 0.0934. The summed E-state index contributed by atoms with van der Waals surface area (Å²) in [6.45, 7) is 6.02. The molecule has 0 unspecified atom stereocenters. The van der Waals surface area contributed by atoms with Crippen LogP contribution in [0.15, 0.2) is 30.3 Å². The van der Waals surface area contributed by atoms with Gasteiger partial charge in [-0.25, -0.2) is 0 Å². The van der Waals surface area contributed by atoms with E-state index < -0.39 is 10.2 Å². The van der Waals surface area contributed by atoms with Crippen molar-refractivity contribution >= 4 is 21.8 Å². The maximum Gasteiger partial charge on any atom is 0.281 e. The number of hydrogen-bond acceptors (Lipinski definition) is 4. The van der Waals surface area contributed by atoms with E-state index in [9.17, 15) is 8.42 Å². The summed E-state index contributed by atoms with van der Waals surface area (Å²) in [6.07, 6.45) is 0.767. The Morgan fingerprint density at radius 1 is 1.30 bits per heavy atom. The van der Waals surface area contributed by atoms with Gasteiger partial charge in [0, 0.05) is 37.1 Å². The summed E-state index contributed by atoms with van der Waals surface area (Å²) in [5.74, 6) is 0.823. The smallest absolute Gasteiger partial charge is 0.281 e. The highest BCUT2D eigenvalue weighted by molar-refractivity contribution is 7.86. The number of hydrogen-bond donors (Lipinski definition) is 1. The number of H-pyrrole nitrogens is 1. The Balaban J connectivity index is 1.59. The second-order valence-corrected chi connectivity index (χ2v) is 8.86. The fourth-order valence-corrected chi connectivity index (χ4v) is 5.06. The lowest BCUT2D eigenvalue weighted by Gasteiger charge is -2.25. The van der Waals surface area contributed by atoms with E-state index in [0.717, 1.165) is 23.6 Å². The average molecular weight is 413 g/mol. The monoisotopic (exact) mass is 412 g/mol. The first kappa shape index (κ1) is 20.1. The topological polar surface area (TPSA) is 78.5 Å². The quantitative estimate of drug-likeness (QED) is 0.722. The van der Waals surface area contributed by atoms with Crippen LogP contribution < -0.4 is 4.74 Å². The summed E-state index contributed by atoms with van der Waals surface area (Å²) >= 11 is 5.87. The van der Waals surface area contributed by atoms with Gasteiger partial charge in [-0.05, 0) is 36.8 Å². The van der Waals surface area contributed by atoms with Crippen LogP contribution in [0.4, 0.5) is 0 Å². The van der Waals surface area contributed by atoms with Gasteiger partial charge >= 0.3 is 0 Å². The fourth-order valence-electron chi connectivity index (χ4n) is 3.25. The SMILES string of the molecule is CCN(CC)S(=O)(=O)N1CC[C@@H](c2cc(COc3ccc(Cl)cc3)[nH]n2)C1. The zero-order chi connectivity index (χ0) is 19.4. The number of halogens is 1. The lowest BCUT2D eigenvalue weighted by molar-refractivity contribution is 0.301. The van der Waals surface area contributed by atoms with Crippen molar-refractivity contribution in [1.29, 1.82) is 0 Å². The molecule has 1 aliphatic rings. The van der Waals surface area contributed by atoms with Crippen molar-refractivity contribution in [3.63, 3.8) is 0 Å². The molecule has 0 amide bonds. The van der Waals surface area contributed by atoms with Crippen molar-refractivity contribution in [3.05, 3.63) is 46.7 Å². The van der Waals surface area contributed by atoms with Gasteiger partial charge in [0.25, 0.3) is 10.2 Å². The number of rotatable bonds is 8. The number of aromatic nitrogens is 2. The molecule has 0 aliphatic carbocycles. The van der Waals surface area contributed by atoms with Crippen LogP contribution in [0, 0.1) is 0 Å². The predicted molar refractivity (Wildman–Crippen MR) is 105 cm³/mol. The molecule has 0 saturated carbocycles. The molecule has 0 bridgehead atoms. The predicted octanol–water partition coefficient (Wildman–Crippen LogP) is 3.02. The van der Waals surface area contributed by atoms with Gasteiger partial charge in [0.1, 0.15) is 12.4 Å². The van der Waals surface area contributed by atoms with E-state index in [1.807, 2.05) is 32.0 Å². The molecule has 148 valence electrons. The molecule has 27 heavy (non-hydrogen) atoms. The largest absolute Gasteiger partial charge is 0.487 e. The Morgan fingerprint density at radius 2 is 2.00 bits per heavy atom. The molecule has 9 heteroatoms. The minimum atomic E-state index is -3.39. The van der Waals surface area contributed by atoms with Gasteiger partial charge in [-0.2, -0.15) is 22.1 Å². The van der Waals surface area contributed by atoms with Crippen molar-refractivity contribution in [2.75, 3.05) is 26.2 Å². The summed E-state index contributed by atoms with van der Waals surface area (Å²) in [4.78, 5) is 0. The molecular weight excluding hydrogens is 388 g/mol. The van der Waals surface area contributed by atoms with Crippen LogP contribution in [0.5, 0.6) is 5.75 Å². The molecular formula is C18H25ClN4O3S. The molecule has 2 aromatic rings. The van der Waals surface area contributed by atoms with E-state index >= 15 is 0 Å². The highest BCUT2D eigenvalue weighted by Crippen LogP contribution is 2.29. The Hall–Kier alpha value is -1.61. The summed E-state index contributed by atoms with van der Waals surface area (Å²) < 4.78 is 34.1. The van der Waals surface area contributed by atoms with Crippen molar-refractivity contribution in [1.82, 2.24) is 18.8 Å². The molecule has 1 aromatic heterocycles. The van der Waals surface area contributed by atoms with E-state index in [4.69, 9.17) is 16.3 Å². The van der Waals surface area contributed by atoms with E-state index in [2.05, 4.69) is 10.2 Å². The van der Waals surface area contributed by atoms with Gasteiger partial charge in [0.05, 0.1) is 11.4 Å². The zero-order valence-electron chi connectivity index (χ0n) is 15.6. The third-order valence-corrected chi connectivity index (χ3v) is 7.19. The molecule has 1 fully saturated rings. The van der Waals surface area contributed by atoms with Gasteiger partial charge in [0.2, 0.25) is 0 Å². The van der Waals surface area contributed by atoms with Crippen LogP contribution in [0.3, 0.4) is 0 Å². The van der Waals surface area contributed by atoms with Crippen LogP contribution in [0.2, 0.25) is 5.02 Å². The molecule has 7 nitrogen and oxygen atoms in total. The standard InChI is InChI=1S/C18H25ClN4O3S/c1-3-22(4-2)27(24,25)23-10-9-14(12-23)18-11-16(20-21-18)13-26-17-7-5-15(19)6-8-17/h5-8,11,14H,3-4,9-10,12-13H2,1-2H3,(H,20,21)/t14-/m1/s1. The fraction of sp³-hybridized carbons (Fsp3) is 0.500. The highest BCUT2D eigenvalue weighted by Gasteiger charge is 2.35. The maximum atomic E-state index is 12.7. The number of nitrogens with one attached hydrogen (secondary N) is 1. The summed E-state index contributed by atoms with van der Waals surface area (Å²) in [7, 11) is -3.39. The van der Waals surface area contributed by atoms with Gasteiger partial charge in [-0.3, -0.25) is 5.10 Å². The first-order valence-electron chi connectivity index (χ1n) is 9.11. The first-order valence-corrected chi connectivity index (χ1v) is 10.9. The van der Waals surface area contributed by atoms with Gasteiger partial charge in [0.15, 0.2) is 0 Å². The number of aromatic amines is 1. The summed E-state index contributed by atoms with van der Waals surface area (Å²) in [6, 6.07) is 9.13. The third kappa shape index (κ3) is 4.63. The van der Waals surface area contributed by atoms with Crippen molar-refractivity contribution in [3.8, 4) is 5.75 Å². The van der Waals surface area contributed by atoms with E-state index in [-0.39, 0.29) is 5.92 Å². The van der Waals surface area contributed by atoms with Crippen molar-refractivity contribution < 1.29 is 13.2 Å². The van der Waals surface area contributed by atoms with Crippen LogP contribution >= 0.6 is 11.6 Å².